The van der Waals surface area contributed by atoms with Crippen molar-refractivity contribution in [3.05, 3.63) is 89.6 Å². The van der Waals surface area contributed by atoms with Crippen molar-refractivity contribution in [2.45, 2.75) is 6.54 Å². The number of hydrogen-bond acceptors (Lipinski definition) is 2. The summed E-state index contributed by atoms with van der Waals surface area (Å²) in [5.74, 6) is 0. The Kier molecular flexibility index (Phi) is 4.01. The van der Waals surface area contributed by atoms with Crippen molar-refractivity contribution in [3.63, 3.8) is 0 Å². The Balaban J connectivity index is 1.80. The van der Waals surface area contributed by atoms with E-state index in [2.05, 4.69) is 55.9 Å². The number of nitrogens with zero attached hydrogens (tertiary/aromatic N) is 4. The Morgan fingerprint density at radius 3 is 2.46 bits per heavy atom. The molecular formula is C19H15BrN4. The van der Waals surface area contributed by atoms with Gasteiger partial charge in [-0.3, -0.25) is 0 Å². The van der Waals surface area contributed by atoms with Gasteiger partial charge in [0, 0.05) is 34.2 Å². The Labute approximate surface area is 148 Å². The Morgan fingerprint density at radius 1 is 0.958 bits per heavy atom. The van der Waals surface area contributed by atoms with Gasteiger partial charge >= 0.3 is 0 Å². The normalized spacial score (nSPS) is 10.9. The van der Waals surface area contributed by atoms with Gasteiger partial charge in [-0.15, -0.1) is 0 Å². The third-order valence-electron chi connectivity index (χ3n) is 3.84. The van der Waals surface area contributed by atoms with Crippen molar-refractivity contribution in [1.82, 2.24) is 19.3 Å². The quantitative estimate of drug-likeness (QED) is 0.522. The Hall–Kier alpha value is -2.66. The smallest absolute Gasteiger partial charge is 0.0977 e. The van der Waals surface area contributed by atoms with Gasteiger partial charge in [0.15, 0.2) is 0 Å². The molecule has 24 heavy (non-hydrogen) atoms. The van der Waals surface area contributed by atoms with Gasteiger partial charge < -0.3 is 4.57 Å². The van der Waals surface area contributed by atoms with Crippen LogP contribution in [0.15, 0.2) is 84.0 Å². The van der Waals surface area contributed by atoms with Crippen LogP contribution in [0.25, 0.3) is 16.9 Å². The van der Waals surface area contributed by atoms with Gasteiger partial charge in [-0.05, 0) is 24.3 Å². The van der Waals surface area contributed by atoms with Crippen LogP contribution in [-0.4, -0.2) is 19.3 Å². The lowest BCUT2D eigenvalue weighted by atomic mass is 10.1. The molecule has 0 bridgehead atoms. The number of para-hydroxylation sites is 1. The van der Waals surface area contributed by atoms with Gasteiger partial charge in [0.2, 0.25) is 0 Å². The highest BCUT2D eigenvalue weighted by molar-refractivity contribution is 9.10. The molecule has 0 unspecified atom stereocenters. The lowest BCUT2D eigenvalue weighted by Crippen LogP contribution is -1.96. The molecule has 4 nitrogen and oxygen atoms in total. The third kappa shape index (κ3) is 3.03. The van der Waals surface area contributed by atoms with Crippen LogP contribution < -0.4 is 0 Å². The van der Waals surface area contributed by atoms with E-state index in [1.165, 1.54) is 0 Å². The maximum Gasteiger partial charge on any atom is 0.0977 e. The van der Waals surface area contributed by atoms with Crippen molar-refractivity contribution < 1.29 is 0 Å². The minimum Gasteiger partial charge on any atom is -0.333 e. The molecule has 0 saturated carbocycles. The van der Waals surface area contributed by atoms with Crippen LogP contribution in [0.5, 0.6) is 0 Å². The van der Waals surface area contributed by atoms with Crippen LogP contribution in [0.3, 0.4) is 0 Å². The van der Waals surface area contributed by atoms with E-state index in [1.807, 2.05) is 47.5 Å². The second-order valence-electron chi connectivity index (χ2n) is 5.52. The van der Waals surface area contributed by atoms with Crippen molar-refractivity contribution in [3.8, 4) is 16.9 Å². The second kappa shape index (κ2) is 6.45. The summed E-state index contributed by atoms with van der Waals surface area (Å²) in [6.45, 7) is 0.734. The van der Waals surface area contributed by atoms with E-state index in [1.54, 1.807) is 6.20 Å². The maximum absolute atomic E-state index is 4.83. The van der Waals surface area contributed by atoms with Crippen molar-refractivity contribution in [2.24, 2.45) is 0 Å². The van der Waals surface area contributed by atoms with Crippen molar-refractivity contribution >= 4 is 15.9 Å². The average Bonchev–Trinajstić information content (AvgIpc) is 3.27. The average molecular weight is 379 g/mol. The molecule has 0 fully saturated rings. The highest BCUT2D eigenvalue weighted by atomic mass is 79.9. The second-order valence-corrected chi connectivity index (χ2v) is 6.44. The number of aromatic nitrogens is 4. The number of halogens is 1. The topological polar surface area (TPSA) is 35.6 Å². The van der Waals surface area contributed by atoms with Gasteiger partial charge in [-0.25, -0.2) is 9.67 Å². The summed E-state index contributed by atoms with van der Waals surface area (Å²) < 4.78 is 5.04. The predicted molar refractivity (Wildman–Crippen MR) is 98.0 cm³/mol. The van der Waals surface area contributed by atoms with Crippen LogP contribution >= 0.6 is 15.9 Å². The predicted octanol–water partition coefficient (Wildman–Crippen LogP) is 4.55. The molecule has 0 aliphatic carbocycles. The highest BCUT2D eigenvalue weighted by Gasteiger charge is 2.12. The minimum atomic E-state index is 0.734. The SMILES string of the molecule is Brc1ccc(-c2nn(-c3ccccc3)cc2Cn2ccnc2)cc1. The number of benzene rings is 2. The molecular weight excluding hydrogens is 364 g/mol. The molecule has 0 amide bonds. The lowest BCUT2D eigenvalue weighted by molar-refractivity contribution is 0.797. The highest BCUT2D eigenvalue weighted by Crippen LogP contribution is 2.26. The molecule has 0 atom stereocenters. The molecule has 0 radical (unpaired) electrons. The fourth-order valence-electron chi connectivity index (χ4n) is 2.67. The van der Waals surface area contributed by atoms with E-state index in [0.29, 0.717) is 0 Å². The first-order valence-electron chi connectivity index (χ1n) is 7.65. The zero-order valence-electron chi connectivity index (χ0n) is 12.9. The number of imidazole rings is 1. The molecule has 4 rings (SSSR count). The fourth-order valence-corrected chi connectivity index (χ4v) is 2.93. The number of hydrogen-bond donors (Lipinski definition) is 0. The van der Waals surface area contributed by atoms with E-state index in [4.69, 9.17) is 5.10 Å². The van der Waals surface area contributed by atoms with Crippen LogP contribution in [0.2, 0.25) is 0 Å². The molecule has 0 N–H and O–H groups in total. The molecule has 0 aliphatic heterocycles. The van der Waals surface area contributed by atoms with E-state index >= 15 is 0 Å². The summed E-state index contributed by atoms with van der Waals surface area (Å²) in [5.41, 5.74) is 4.29. The summed E-state index contributed by atoms with van der Waals surface area (Å²) in [6, 6.07) is 18.4. The molecule has 2 aromatic heterocycles. The van der Waals surface area contributed by atoms with Crippen molar-refractivity contribution in [1.29, 1.82) is 0 Å². The maximum atomic E-state index is 4.83. The van der Waals surface area contributed by atoms with Gasteiger partial charge in [-0.2, -0.15) is 5.10 Å². The molecule has 118 valence electrons. The molecule has 2 aromatic carbocycles. The van der Waals surface area contributed by atoms with E-state index in [0.717, 1.165) is 33.5 Å². The lowest BCUT2D eigenvalue weighted by Gasteiger charge is -2.03. The van der Waals surface area contributed by atoms with Gasteiger partial charge in [0.25, 0.3) is 0 Å². The van der Waals surface area contributed by atoms with E-state index in [-0.39, 0.29) is 0 Å². The Morgan fingerprint density at radius 2 is 1.75 bits per heavy atom. The third-order valence-corrected chi connectivity index (χ3v) is 4.37. The van der Waals surface area contributed by atoms with Gasteiger partial charge in [0.1, 0.15) is 0 Å². The van der Waals surface area contributed by atoms with Crippen LogP contribution in [0.4, 0.5) is 0 Å². The molecule has 5 heteroatoms. The van der Waals surface area contributed by atoms with E-state index in [9.17, 15) is 0 Å². The van der Waals surface area contributed by atoms with Gasteiger partial charge in [0.05, 0.1) is 24.3 Å². The molecule has 4 aromatic rings. The summed E-state index contributed by atoms with van der Waals surface area (Å²) in [7, 11) is 0. The summed E-state index contributed by atoms with van der Waals surface area (Å²) in [5, 5.41) is 4.83. The van der Waals surface area contributed by atoms with Gasteiger partial charge in [-0.1, -0.05) is 46.3 Å². The van der Waals surface area contributed by atoms with Crippen LogP contribution in [0.1, 0.15) is 5.56 Å². The molecule has 0 aliphatic rings. The number of rotatable bonds is 4. The summed E-state index contributed by atoms with van der Waals surface area (Å²) >= 11 is 3.49. The standard InChI is InChI=1S/C19H15BrN4/c20-17-8-6-15(7-9-17)19-16(12-23-11-10-21-14-23)13-24(22-19)18-4-2-1-3-5-18/h1-11,13-14H,12H2. The molecule has 0 saturated heterocycles. The summed E-state index contributed by atoms with van der Waals surface area (Å²) in [6.07, 6.45) is 7.67. The fraction of sp³-hybridized carbons (Fsp3) is 0.0526. The monoisotopic (exact) mass is 378 g/mol. The zero-order chi connectivity index (χ0) is 16.4. The first-order valence-corrected chi connectivity index (χ1v) is 8.44. The van der Waals surface area contributed by atoms with Crippen LogP contribution in [0, 0.1) is 0 Å². The first kappa shape index (κ1) is 14.9. The Bertz CT molecular complexity index is 925. The zero-order valence-corrected chi connectivity index (χ0v) is 14.5. The first-order chi connectivity index (χ1) is 11.8. The van der Waals surface area contributed by atoms with Crippen LogP contribution in [-0.2, 0) is 6.54 Å². The molecule has 0 spiro atoms. The largest absolute Gasteiger partial charge is 0.333 e. The minimum absolute atomic E-state index is 0.734. The van der Waals surface area contributed by atoms with Crippen molar-refractivity contribution in [2.75, 3.05) is 0 Å². The van der Waals surface area contributed by atoms with E-state index < -0.39 is 0 Å². The molecule has 2 heterocycles. The summed E-state index contributed by atoms with van der Waals surface area (Å²) in [4.78, 5) is 4.13.